The van der Waals surface area contributed by atoms with Crippen molar-refractivity contribution in [1.82, 2.24) is 0 Å². The van der Waals surface area contributed by atoms with E-state index < -0.39 is 36.5 Å². The van der Waals surface area contributed by atoms with Gasteiger partial charge in [-0.2, -0.15) is 12.6 Å². The predicted octanol–water partition coefficient (Wildman–Crippen LogP) is -1.19. The monoisotopic (exact) mass is 224 g/mol. The Bertz CT molecular complexity index is 170. The molecule has 0 aliphatic carbocycles. The molecule has 0 spiro atoms. The standard InChI is InChI=1S/C8H16O5S/c1-6(14)7(12)13-5-8(2-9,3-10)4-11/h6,9-11,14H,2-5H2,1H3. The molecule has 3 N–H and O–H groups in total. The van der Waals surface area contributed by atoms with E-state index >= 15 is 0 Å². The van der Waals surface area contributed by atoms with Crippen LogP contribution in [0.4, 0.5) is 0 Å². The number of thiol groups is 1. The second-order valence-electron chi connectivity index (χ2n) is 3.26. The summed E-state index contributed by atoms with van der Waals surface area (Å²) in [7, 11) is 0. The fourth-order valence-electron chi connectivity index (χ4n) is 0.632. The summed E-state index contributed by atoms with van der Waals surface area (Å²) >= 11 is 3.85. The van der Waals surface area contributed by atoms with Crippen molar-refractivity contribution in [3.05, 3.63) is 0 Å². The summed E-state index contributed by atoms with van der Waals surface area (Å²) in [4.78, 5) is 11.0. The average Bonchev–Trinajstić information content (AvgIpc) is 2.20. The lowest BCUT2D eigenvalue weighted by Gasteiger charge is -2.26. The number of aliphatic hydroxyl groups is 3. The van der Waals surface area contributed by atoms with E-state index in [0.717, 1.165) is 0 Å². The predicted molar refractivity (Wildman–Crippen MR) is 53.1 cm³/mol. The molecule has 0 bridgehead atoms. The second-order valence-corrected chi connectivity index (χ2v) is 4.03. The fraction of sp³-hybridized carbons (Fsp3) is 0.875. The number of rotatable bonds is 6. The lowest BCUT2D eigenvalue weighted by atomic mass is 9.93. The lowest BCUT2D eigenvalue weighted by molar-refractivity contribution is -0.150. The van der Waals surface area contributed by atoms with Gasteiger partial charge in [-0.15, -0.1) is 0 Å². The summed E-state index contributed by atoms with van der Waals surface area (Å²) in [5, 5.41) is 26.1. The molecule has 0 aliphatic rings. The van der Waals surface area contributed by atoms with E-state index in [2.05, 4.69) is 12.6 Å². The highest BCUT2D eigenvalue weighted by Crippen LogP contribution is 2.15. The largest absolute Gasteiger partial charge is 0.464 e. The highest BCUT2D eigenvalue weighted by molar-refractivity contribution is 7.81. The highest BCUT2D eigenvalue weighted by Gasteiger charge is 2.30. The molecule has 0 aromatic heterocycles. The summed E-state index contributed by atoms with van der Waals surface area (Å²) in [5.74, 6) is -0.548. The van der Waals surface area contributed by atoms with Crippen molar-refractivity contribution in [1.29, 1.82) is 0 Å². The van der Waals surface area contributed by atoms with Gasteiger partial charge >= 0.3 is 5.97 Å². The van der Waals surface area contributed by atoms with Crippen LogP contribution in [0.1, 0.15) is 6.92 Å². The minimum Gasteiger partial charge on any atom is -0.464 e. The SMILES string of the molecule is CC(S)C(=O)OCC(CO)(CO)CO. The Morgan fingerprint density at radius 2 is 1.79 bits per heavy atom. The number of aliphatic hydroxyl groups excluding tert-OH is 3. The number of hydrogen-bond donors (Lipinski definition) is 4. The summed E-state index contributed by atoms with van der Waals surface area (Å²) in [6, 6.07) is 0. The number of hydrogen-bond acceptors (Lipinski definition) is 6. The molecule has 1 atom stereocenters. The Hall–Kier alpha value is -0.300. The van der Waals surface area contributed by atoms with Crippen LogP contribution in [-0.4, -0.2) is 53.0 Å². The van der Waals surface area contributed by atoms with Crippen LogP contribution in [0.25, 0.3) is 0 Å². The first-order valence-electron chi connectivity index (χ1n) is 4.18. The van der Waals surface area contributed by atoms with Crippen LogP contribution in [0.2, 0.25) is 0 Å². The van der Waals surface area contributed by atoms with Crippen molar-refractivity contribution in [2.45, 2.75) is 12.2 Å². The molecule has 0 heterocycles. The van der Waals surface area contributed by atoms with E-state index in [-0.39, 0.29) is 6.61 Å². The van der Waals surface area contributed by atoms with Gasteiger partial charge < -0.3 is 20.1 Å². The van der Waals surface area contributed by atoms with Gasteiger partial charge in [-0.05, 0) is 6.92 Å². The van der Waals surface area contributed by atoms with Gasteiger partial charge in [-0.25, -0.2) is 0 Å². The maximum absolute atomic E-state index is 11.0. The van der Waals surface area contributed by atoms with Gasteiger partial charge in [-0.1, -0.05) is 0 Å². The van der Waals surface area contributed by atoms with Crippen molar-refractivity contribution in [3.63, 3.8) is 0 Å². The molecule has 0 fully saturated rings. The Morgan fingerprint density at radius 3 is 2.07 bits per heavy atom. The molecule has 0 aliphatic heterocycles. The Kier molecular flexibility index (Phi) is 6.10. The van der Waals surface area contributed by atoms with Crippen molar-refractivity contribution in [2.24, 2.45) is 5.41 Å². The molecule has 0 rings (SSSR count). The minimum atomic E-state index is -1.17. The van der Waals surface area contributed by atoms with Crippen molar-refractivity contribution >= 4 is 18.6 Å². The maximum atomic E-state index is 11.0. The first-order chi connectivity index (χ1) is 6.51. The van der Waals surface area contributed by atoms with Crippen LogP contribution in [0, 0.1) is 5.41 Å². The molecule has 0 radical (unpaired) electrons. The van der Waals surface area contributed by atoms with Gasteiger partial charge in [0, 0.05) is 0 Å². The van der Waals surface area contributed by atoms with Gasteiger partial charge in [0.15, 0.2) is 0 Å². The van der Waals surface area contributed by atoms with E-state index in [0.29, 0.717) is 0 Å². The van der Waals surface area contributed by atoms with Gasteiger partial charge in [0.25, 0.3) is 0 Å². The fourth-order valence-corrected chi connectivity index (χ4v) is 0.706. The number of esters is 1. The third kappa shape index (κ3) is 3.83. The summed E-state index contributed by atoms with van der Waals surface area (Å²) in [6.07, 6.45) is 0. The second kappa shape index (κ2) is 6.23. The lowest BCUT2D eigenvalue weighted by Crippen LogP contribution is -2.40. The molecule has 14 heavy (non-hydrogen) atoms. The Balaban J connectivity index is 4.12. The van der Waals surface area contributed by atoms with Crippen LogP contribution < -0.4 is 0 Å². The van der Waals surface area contributed by atoms with Crippen LogP contribution in [-0.2, 0) is 9.53 Å². The van der Waals surface area contributed by atoms with E-state index in [4.69, 9.17) is 20.1 Å². The molecule has 6 heteroatoms. The van der Waals surface area contributed by atoms with Gasteiger partial charge in [0.1, 0.15) is 6.61 Å². The molecular formula is C8H16O5S. The smallest absolute Gasteiger partial charge is 0.318 e. The molecule has 0 amide bonds. The molecule has 0 aromatic carbocycles. The molecular weight excluding hydrogens is 208 g/mol. The number of carbonyl (C=O) groups excluding carboxylic acids is 1. The third-order valence-corrected chi connectivity index (χ3v) is 2.08. The zero-order valence-electron chi connectivity index (χ0n) is 8.01. The van der Waals surface area contributed by atoms with E-state index in [9.17, 15) is 4.79 Å². The van der Waals surface area contributed by atoms with Gasteiger partial charge in [-0.3, -0.25) is 4.79 Å². The maximum Gasteiger partial charge on any atom is 0.318 e. The van der Waals surface area contributed by atoms with Crippen molar-refractivity contribution in [3.8, 4) is 0 Å². The molecule has 5 nitrogen and oxygen atoms in total. The van der Waals surface area contributed by atoms with E-state index in [1.165, 1.54) is 0 Å². The normalized spacial score (nSPS) is 13.8. The van der Waals surface area contributed by atoms with Crippen LogP contribution >= 0.6 is 12.6 Å². The summed E-state index contributed by atoms with van der Waals surface area (Å²) < 4.78 is 4.75. The average molecular weight is 224 g/mol. The molecule has 0 saturated carbocycles. The Morgan fingerprint density at radius 1 is 1.36 bits per heavy atom. The molecule has 0 saturated heterocycles. The van der Waals surface area contributed by atoms with Crippen LogP contribution in [0.5, 0.6) is 0 Å². The molecule has 0 aromatic rings. The number of ether oxygens (including phenoxy) is 1. The highest BCUT2D eigenvalue weighted by atomic mass is 32.1. The van der Waals surface area contributed by atoms with Crippen LogP contribution in [0.15, 0.2) is 0 Å². The van der Waals surface area contributed by atoms with E-state index in [1.807, 2.05) is 0 Å². The topological polar surface area (TPSA) is 87.0 Å². The quantitative estimate of drug-likeness (QED) is 0.337. The Labute approximate surface area is 88.1 Å². The third-order valence-electron chi connectivity index (χ3n) is 1.87. The first kappa shape index (κ1) is 13.7. The summed E-state index contributed by atoms with van der Waals surface area (Å²) in [5.41, 5.74) is -1.17. The zero-order chi connectivity index (χ0) is 11.2. The van der Waals surface area contributed by atoms with Gasteiger partial charge in [0.05, 0.1) is 30.5 Å². The van der Waals surface area contributed by atoms with E-state index in [1.54, 1.807) is 6.92 Å². The van der Waals surface area contributed by atoms with Gasteiger partial charge in [0.2, 0.25) is 0 Å². The number of carbonyl (C=O) groups is 1. The molecule has 84 valence electrons. The van der Waals surface area contributed by atoms with Crippen molar-refractivity contribution < 1.29 is 24.9 Å². The molecule has 1 unspecified atom stereocenters. The van der Waals surface area contributed by atoms with Crippen LogP contribution in [0.3, 0.4) is 0 Å². The first-order valence-corrected chi connectivity index (χ1v) is 4.70. The minimum absolute atomic E-state index is 0.222. The van der Waals surface area contributed by atoms with Crippen molar-refractivity contribution in [2.75, 3.05) is 26.4 Å². The summed E-state index contributed by atoms with van der Waals surface area (Å²) in [6.45, 7) is -0.0269. The zero-order valence-corrected chi connectivity index (χ0v) is 8.91.